The van der Waals surface area contributed by atoms with Gasteiger partial charge >= 0.3 is 0 Å². The summed E-state index contributed by atoms with van der Waals surface area (Å²) in [4.78, 5) is 15.7. The molecule has 0 saturated heterocycles. The van der Waals surface area contributed by atoms with E-state index in [-0.39, 0.29) is 0 Å². The summed E-state index contributed by atoms with van der Waals surface area (Å²) in [6, 6.07) is 61.0. The van der Waals surface area contributed by atoms with Crippen LogP contribution in [0, 0.1) is 11.3 Å². The van der Waals surface area contributed by atoms with E-state index < -0.39 is 0 Å². The third kappa shape index (κ3) is 4.49. The van der Waals surface area contributed by atoms with Crippen molar-refractivity contribution in [3.63, 3.8) is 0 Å². The van der Waals surface area contributed by atoms with Crippen molar-refractivity contribution in [3.05, 3.63) is 175 Å². The van der Waals surface area contributed by atoms with Gasteiger partial charge in [-0.25, -0.2) is 4.98 Å². The zero-order valence-corrected chi connectivity index (χ0v) is 28.8. The number of hydrogen-bond donors (Lipinski definition) is 0. The van der Waals surface area contributed by atoms with Gasteiger partial charge in [-0.15, -0.1) is 0 Å². The lowest BCUT2D eigenvalue weighted by Crippen LogP contribution is -2.07. The molecule has 0 aliphatic heterocycles. The molecule has 11 aromatic rings. The number of para-hydroxylation sites is 3. The highest BCUT2D eigenvalue weighted by Crippen LogP contribution is 2.41. The maximum Gasteiger partial charge on any atom is 0.238 e. The molecule has 0 spiro atoms. The van der Waals surface area contributed by atoms with Crippen LogP contribution in [-0.2, 0) is 0 Å². The van der Waals surface area contributed by atoms with Crippen LogP contribution in [0.4, 0.5) is 0 Å². The van der Waals surface area contributed by atoms with Crippen LogP contribution in [0.25, 0.3) is 99.6 Å². The normalized spacial score (nSPS) is 11.7. The topological polar surface area (TPSA) is 72.3 Å². The van der Waals surface area contributed by atoms with Crippen molar-refractivity contribution in [3.8, 4) is 40.5 Å². The van der Waals surface area contributed by atoms with Crippen LogP contribution in [0.2, 0.25) is 0 Å². The van der Waals surface area contributed by atoms with E-state index >= 15 is 0 Å². The van der Waals surface area contributed by atoms with Crippen LogP contribution in [-0.4, -0.2) is 24.1 Å². The summed E-state index contributed by atoms with van der Waals surface area (Å²) in [7, 11) is 0. The standard InChI is InChI=1S/C48H28N6/c49-29-30-19-23-36-32(27-30)20-21-33-28-34(22-24-37(33)36)47-50-46(31-11-3-1-4-12-31)51-48(52-47)54-43-18-10-8-16-39(43)41-26-25-40-38-15-7-9-17-42(38)53(44(40)45(41)54)35-13-5-2-6-14-35/h1-28H. The largest absolute Gasteiger partial charge is 0.307 e. The first-order valence-corrected chi connectivity index (χ1v) is 17.9. The molecule has 0 radical (unpaired) electrons. The number of nitriles is 1. The molecule has 6 heteroatoms. The van der Waals surface area contributed by atoms with Crippen LogP contribution in [0.5, 0.6) is 0 Å². The molecule has 0 amide bonds. The van der Waals surface area contributed by atoms with Gasteiger partial charge in [0.05, 0.1) is 33.7 Å². The molecular formula is C48H28N6. The highest BCUT2D eigenvalue weighted by atomic mass is 15.2. The van der Waals surface area contributed by atoms with Crippen LogP contribution < -0.4 is 0 Å². The fraction of sp³-hybridized carbons (Fsp3) is 0. The Morgan fingerprint density at radius 2 is 0.944 bits per heavy atom. The van der Waals surface area contributed by atoms with E-state index in [1.807, 2.05) is 48.5 Å². The molecule has 0 N–H and O–H groups in total. The highest BCUT2D eigenvalue weighted by Gasteiger charge is 2.23. The number of hydrogen-bond acceptors (Lipinski definition) is 4. The highest BCUT2D eigenvalue weighted by molar-refractivity contribution is 6.23. The second kappa shape index (κ2) is 11.7. The lowest BCUT2D eigenvalue weighted by atomic mass is 9.98. The Labute approximate surface area is 309 Å². The molecule has 3 heterocycles. The molecule has 0 aliphatic carbocycles. The molecule has 6 nitrogen and oxygen atoms in total. The zero-order valence-electron chi connectivity index (χ0n) is 28.8. The predicted molar refractivity (Wildman–Crippen MR) is 219 cm³/mol. The van der Waals surface area contributed by atoms with Crippen LogP contribution >= 0.6 is 0 Å². The van der Waals surface area contributed by atoms with Gasteiger partial charge < -0.3 is 4.57 Å². The van der Waals surface area contributed by atoms with Crippen LogP contribution in [0.3, 0.4) is 0 Å². The molecule has 0 fully saturated rings. The summed E-state index contributed by atoms with van der Waals surface area (Å²) in [5.74, 6) is 1.73. The van der Waals surface area contributed by atoms with Gasteiger partial charge in [-0.3, -0.25) is 4.57 Å². The van der Waals surface area contributed by atoms with E-state index in [1.165, 1.54) is 5.39 Å². The number of benzene rings is 8. The molecule has 0 atom stereocenters. The summed E-state index contributed by atoms with van der Waals surface area (Å²) < 4.78 is 4.60. The lowest BCUT2D eigenvalue weighted by Gasteiger charge is -2.13. The number of fused-ring (bicyclic) bond motifs is 10. The van der Waals surface area contributed by atoms with E-state index in [4.69, 9.17) is 15.0 Å². The van der Waals surface area contributed by atoms with Crippen molar-refractivity contribution in [2.75, 3.05) is 0 Å². The maximum atomic E-state index is 9.46. The summed E-state index contributed by atoms with van der Waals surface area (Å²) in [5, 5.41) is 18.4. The van der Waals surface area contributed by atoms with Crippen LogP contribution in [0.15, 0.2) is 170 Å². The molecule has 54 heavy (non-hydrogen) atoms. The molecule has 0 unspecified atom stereocenters. The first-order valence-electron chi connectivity index (χ1n) is 17.9. The monoisotopic (exact) mass is 688 g/mol. The molecule has 250 valence electrons. The van der Waals surface area contributed by atoms with Gasteiger partial charge in [-0.05, 0) is 64.0 Å². The lowest BCUT2D eigenvalue weighted by molar-refractivity contribution is 0.953. The Kier molecular flexibility index (Phi) is 6.51. The minimum absolute atomic E-state index is 0.546. The molecule has 0 bridgehead atoms. The smallest absolute Gasteiger partial charge is 0.238 e. The molecule has 0 aliphatic rings. The van der Waals surface area contributed by atoms with Crippen molar-refractivity contribution in [1.29, 1.82) is 5.26 Å². The average molecular weight is 689 g/mol. The van der Waals surface area contributed by atoms with E-state index in [0.29, 0.717) is 23.2 Å². The van der Waals surface area contributed by atoms with Crippen molar-refractivity contribution in [2.45, 2.75) is 0 Å². The summed E-state index contributed by atoms with van der Waals surface area (Å²) in [6.07, 6.45) is 0. The van der Waals surface area contributed by atoms with E-state index in [0.717, 1.165) is 76.6 Å². The Balaban J connectivity index is 1.24. The number of rotatable bonds is 4. The van der Waals surface area contributed by atoms with E-state index in [2.05, 4.69) is 137 Å². The van der Waals surface area contributed by atoms with Crippen molar-refractivity contribution in [2.24, 2.45) is 0 Å². The van der Waals surface area contributed by atoms with Crippen molar-refractivity contribution < 1.29 is 0 Å². The Bertz CT molecular complexity index is 3330. The van der Waals surface area contributed by atoms with Crippen molar-refractivity contribution >= 4 is 65.2 Å². The predicted octanol–water partition coefficient (Wildman–Crippen LogP) is 11.6. The van der Waals surface area contributed by atoms with Gasteiger partial charge in [0.25, 0.3) is 0 Å². The number of aromatic nitrogens is 5. The quantitative estimate of drug-likeness (QED) is 0.173. The molecule has 0 saturated carbocycles. The van der Waals surface area contributed by atoms with E-state index in [1.54, 1.807) is 0 Å². The second-order valence-corrected chi connectivity index (χ2v) is 13.6. The zero-order chi connectivity index (χ0) is 35.8. The number of nitrogens with zero attached hydrogens (tertiary/aromatic N) is 6. The SMILES string of the molecule is N#Cc1ccc2c(ccc3cc(-c4nc(-c5ccccc5)nc(-n5c6ccccc6c6ccc7c8ccccc8n(-c8ccccc8)c7c65)n4)ccc32)c1. The minimum Gasteiger partial charge on any atom is -0.307 e. The maximum absolute atomic E-state index is 9.46. The van der Waals surface area contributed by atoms with Crippen LogP contribution in [0.1, 0.15) is 5.56 Å². The van der Waals surface area contributed by atoms with Gasteiger partial charge in [0, 0.05) is 38.4 Å². The average Bonchev–Trinajstić information content (AvgIpc) is 3.77. The third-order valence-electron chi connectivity index (χ3n) is 10.6. The Morgan fingerprint density at radius 1 is 0.407 bits per heavy atom. The minimum atomic E-state index is 0.546. The Hall–Kier alpha value is -7.62. The van der Waals surface area contributed by atoms with Gasteiger partial charge in [0.1, 0.15) is 0 Å². The van der Waals surface area contributed by atoms with Crippen molar-refractivity contribution in [1.82, 2.24) is 24.1 Å². The summed E-state index contributed by atoms with van der Waals surface area (Å²) >= 11 is 0. The molecule has 11 rings (SSSR count). The second-order valence-electron chi connectivity index (χ2n) is 13.6. The fourth-order valence-corrected chi connectivity index (χ4v) is 8.14. The Morgan fingerprint density at radius 3 is 1.63 bits per heavy atom. The van der Waals surface area contributed by atoms with E-state index in [9.17, 15) is 5.26 Å². The first-order chi connectivity index (χ1) is 26.7. The first kappa shape index (κ1) is 30.0. The van der Waals surface area contributed by atoms with Gasteiger partial charge in [0.15, 0.2) is 11.6 Å². The molecule has 3 aromatic heterocycles. The third-order valence-corrected chi connectivity index (χ3v) is 10.6. The summed E-state index contributed by atoms with van der Waals surface area (Å²) in [6.45, 7) is 0. The summed E-state index contributed by atoms with van der Waals surface area (Å²) in [5.41, 5.74) is 7.81. The fourth-order valence-electron chi connectivity index (χ4n) is 8.14. The van der Waals surface area contributed by atoms with Gasteiger partial charge in [-0.2, -0.15) is 15.2 Å². The van der Waals surface area contributed by atoms with Gasteiger partial charge in [-0.1, -0.05) is 127 Å². The van der Waals surface area contributed by atoms with Gasteiger partial charge in [0.2, 0.25) is 5.95 Å². The molecular weight excluding hydrogens is 661 g/mol. The molecule has 8 aromatic carbocycles.